The summed E-state index contributed by atoms with van der Waals surface area (Å²) in [5, 5.41) is 7.27. The van der Waals surface area contributed by atoms with Gasteiger partial charge in [0.25, 0.3) is 0 Å². The van der Waals surface area contributed by atoms with Crippen molar-refractivity contribution in [3.8, 4) is 0 Å². The van der Waals surface area contributed by atoms with Crippen molar-refractivity contribution in [2.24, 2.45) is 10.9 Å². The number of allylic oxidation sites excluding steroid dienone is 5. The van der Waals surface area contributed by atoms with Gasteiger partial charge in [0.2, 0.25) is 0 Å². The summed E-state index contributed by atoms with van der Waals surface area (Å²) in [4.78, 5) is 4.17. The van der Waals surface area contributed by atoms with E-state index in [1.807, 2.05) is 13.3 Å². The van der Waals surface area contributed by atoms with E-state index in [4.69, 9.17) is 0 Å². The van der Waals surface area contributed by atoms with Gasteiger partial charge in [-0.2, -0.15) is 0 Å². The molecule has 138 valence electrons. The second-order valence-electron chi connectivity index (χ2n) is 7.50. The molecule has 0 saturated carbocycles. The molecule has 2 unspecified atom stereocenters. The largest absolute Gasteiger partial charge is 0.316 e. The third-order valence-corrected chi connectivity index (χ3v) is 5.30. The molecule has 0 bridgehead atoms. The lowest BCUT2D eigenvalue weighted by molar-refractivity contribution is 0.263. The van der Waals surface area contributed by atoms with Gasteiger partial charge in [0.15, 0.2) is 0 Å². The van der Waals surface area contributed by atoms with Crippen LogP contribution in [0.3, 0.4) is 0 Å². The lowest BCUT2D eigenvalue weighted by Gasteiger charge is -2.38. The molecule has 0 aromatic carbocycles. The maximum atomic E-state index is 4.36. The SMILES string of the molecule is C=C(C/C=C\C)C(NC(C)CC1=CC(C)=C(/C=N\C)CC1)C1CNC1. The summed E-state index contributed by atoms with van der Waals surface area (Å²) >= 11 is 0. The first-order chi connectivity index (χ1) is 12.0. The van der Waals surface area contributed by atoms with Crippen molar-refractivity contribution in [2.45, 2.75) is 58.5 Å². The Labute approximate surface area is 154 Å². The lowest BCUT2D eigenvalue weighted by Crippen LogP contribution is -2.55. The zero-order valence-corrected chi connectivity index (χ0v) is 16.4. The Morgan fingerprint density at radius 3 is 2.76 bits per heavy atom. The predicted octanol–water partition coefficient (Wildman–Crippen LogP) is 4.20. The maximum absolute atomic E-state index is 4.36. The van der Waals surface area contributed by atoms with Crippen molar-refractivity contribution >= 4 is 6.21 Å². The van der Waals surface area contributed by atoms with Crippen molar-refractivity contribution in [3.63, 3.8) is 0 Å². The average Bonchev–Trinajstić information content (AvgIpc) is 2.53. The summed E-state index contributed by atoms with van der Waals surface area (Å²) in [6, 6.07) is 0.879. The van der Waals surface area contributed by atoms with E-state index in [0.717, 1.165) is 38.8 Å². The topological polar surface area (TPSA) is 36.4 Å². The Bertz CT molecular complexity index is 576. The van der Waals surface area contributed by atoms with Crippen LogP contribution in [0.25, 0.3) is 0 Å². The summed E-state index contributed by atoms with van der Waals surface area (Å²) in [7, 11) is 1.85. The molecule has 2 atom stereocenters. The van der Waals surface area contributed by atoms with Crippen LogP contribution >= 0.6 is 0 Å². The normalized spacial score (nSPS) is 21.5. The van der Waals surface area contributed by atoms with E-state index in [-0.39, 0.29) is 0 Å². The van der Waals surface area contributed by atoms with Crippen molar-refractivity contribution in [1.82, 2.24) is 10.6 Å². The van der Waals surface area contributed by atoms with Crippen LogP contribution in [0, 0.1) is 5.92 Å². The highest BCUT2D eigenvalue weighted by Crippen LogP contribution is 2.27. The monoisotopic (exact) mass is 341 g/mol. The standard InChI is InChI=1S/C22H35N3/c1-6-7-8-16(2)22(21-14-24-15-21)25-18(4)12-19-9-10-20(13-23-5)17(3)11-19/h6-7,11,13,18,21-22,24-25H,2,8-10,12,14-15H2,1,3-5H3/b7-6-,23-13-. The van der Waals surface area contributed by atoms with E-state index in [1.54, 1.807) is 5.57 Å². The first-order valence-electron chi connectivity index (χ1n) is 9.62. The summed E-state index contributed by atoms with van der Waals surface area (Å²) in [5.41, 5.74) is 5.61. The lowest BCUT2D eigenvalue weighted by atomic mass is 9.86. The van der Waals surface area contributed by atoms with Gasteiger partial charge in [-0.25, -0.2) is 0 Å². The van der Waals surface area contributed by atoms with Gasteiger partial charge in [0, 0.05) is 44.4 Å². The zero-order valence-electron chi connectivity index (χ0n) is 16.4. The smallest absolute Gasteiger partial charge is 0.0334 e. The molecule has 2 aliphatic rings. The van der Waals surface area contributed by atoms with E-state index in [1.165, 1.54) is 16.7 Å². The summed E-state index contributed by atoms with van der Waals surface area (Å²) in [5.74, 6) is 0.676. The van der Waals surface area contributed by atoms with Crippen LogP contribution in [0.1, 0.15) is 46.5 Å². The van der Waals surface area contributed by atoms with Crippen LogP contribution in [0.4, 0.5) is 0 Å². The van der Waals surface area contributed by atoms with E-state index in [2.05, 4.69) is 61.2 Å². The van der Waals surface area contributed by atoms with E-state index in [0.29, 0.717) is 18.0 Å². The van der Waals surface area contributed by atoms with Gasteiger partial charge < -0.3 is 10.6 Å². The van der Waals surface area contributed by atoms with Gasteiger partial charge in [0.1, 0.15) is 0 Å². The van der Waals surface area contributed by atoms with Gasteiger partial charge >= 0.3 is 0 Å². The summed E-state index contributed by atoms with van der Waals surface area (Å²) < 4.78 is 0. The molecule has 1 saturated heterocycles. The molecule has 0 aromatic heterocycles. The first-order valence-corrected chi connectivity index (χ1v) is 9.62. The van der Waals surface area contributed by atoms with Crippen molar-refractivity contribution in [3.05, 3.63) is 47.1 Å². The highest BCUT2D eigenvalue weighted by atomic mass is 15.0. The van der Waals surface area contributed by atoms with Gasteiger partial charge in [-0.05, 0) is 57.6 Å². The molecule has 1 aliphatic heterocycles. The number of nitrogens with one attached hydrogen (secondary N) is 2. The molecule has 1 aliphatic carbocycles. The number of nitrogens with zero attached hydrogens (tertiary/aromatic N) is 1. The van der Waals surface area contributed by atoms with Gasteiger partial charge in [0.05, 0.1) is 0 Å². The quantitative estimate of drug-likeness (QED) is 0.487. The Morgan fingerprint density at radius 1 is 1.44 bits per heavy atom. The second kappa shape index (κ2) is 9.88. The summed E-state index contributed by atoms with van der Waals surface area (Å²) in [6.07, 6.45) is 13.1. The van der Waals surface area contributed by atoms with Gasteiger partial charge in [-0.3, -0.25) is 4.99 Å². The highest BCUT2D eigenvalue weighted by molar-refractivity contribution is 5.80. The second-order valence-corrected chi connectivity index (χ2v) is 7.50. The number of rotatable bonds is 9. The average molecular weight is 342 g/mol. The van der Waals surface area contributed by atoms with Crippen LogP contribution in [0.2, 0.25) is 0 Å². The third-order valence-electron chi connectivity index (χ3n) is 5.30. The molecule has 3 heteroatoms. The summed E-state index contributed by atoms with van der Waals surface area (Å²) in [6.45, 7) is 13.2. The van der Waals surface area contributed by atoms with Crippen LogP contribution in [-0.4, -0.2) is 38.4 Å². The van der Waals surface area contributed by atoms with Crippen LogP contribution in [0.5, 0.6) is 0 Å². The van der Waals surface area contributed by atoms with Gasteiger partial charge in [-0.15, -0.1) is 0 Å². The number of aliphatic imine (C=N–C) groups is 1. The van der Waals surface area contributed by atoms with Crippen molar-refractivity contribution in [2.75, 3.05) is 20.1 Å². The fourth-order valence-electron chi connectivity index (χ4n) is 3.74. The molecule has 1 heterocycles. The Balaban J connectivity index is 1.96. The molecule has 1 fully saturated rings. The fourth-order valence-corrected chi connectivity index (χ4v) is 3.74. The number of hydrogen-bond acceptors (Lipinski definition) is 3. The van der Waals surface area contributed by atoms with Crippen LogP contribution in [-0.2, 0) is 0 Å². The molecular weight excluding hydrogens is 306 g/mol. The highest BCUT2D eigenvalue weighted by Gasteiger charge is 2.29. The van der Waals surface area contributed by atoms with Crippen LogP contribution in [0.15, 0.2) is 52.1 Å². The number of hydrogen-bond donors (Lipinski definition) is 2. The minimum Gasteiger partial charge on any atom is -0.316 e. The molecule has 25 heavy (non-hydrogen) atoms. The Morgan fingerprint density at radius 2 is 2.20 bits per heavy atom. The first kappa shape index (κ1) is 19.9. The molecule has 0 spiro atoms. The zero-order chi connectivity index (χ0) is 18.2. The molecule has 2 N–H and O–H groups in total. The minimum absolute atomic E-state index is 0.413. The predicted molar refractivity (Wildman–Crippen MR) is 110 cm³/mol. The van der Waals surface area contributed by atoms with Gasteiger partial charge in [-0.1, -0.05) is 36.0 Å². The van der Waals surface area contributed by atoms with E-state index in [9.17, 15) is 0 Å². The van der Waals surface area contributed by atoms with Crippen LogP contribution < -0.4 is 10.6 Å². The molecule has 3 nitrogen and oxygen atoms in total. The third kappa shape index (κ3) is 5.79. The van der Waals surface area contributed by atoms with E-state index < -0.39 is 0 Å². The molecule has 0 radical (unpaired) electrons. The molecular formula is C22H35N3. The molecule has 0 aromatic rings. The Kier molecular flexibility index (Phi) is 7.86. The molecule has 2 rings (SSSR count). The van der Waals surface area contributed by atoms with Crippen molar-refractivity contribution < 1.29 is 0 Å². The molecule has 0 amide bonds. The maximum Gasteiger partial charge on any atom is 0.0334 e. The van der Waals surface area contributed by atoms with E-state index >= 15 is 0 Å². The van der Waals surface area contributed by atoms with Crippen molar-refractivity contribution in [1.29, 1.82) is 0 Å². The fraction of sp³-hybridized carbons (Fsp3) is 0.591. The minimum atomic E-state index is 0.413. The Hall–Kier alpha value is -1.45.